The highest BCUT2D eigenvalue weighted by Gasteiger charge is 2.21. The van der Waals surface area contributed by atoms with Crippen molar-refractivity contribution < 1.29 is 8.42 Å². The Kier molecular flexibility index (Phi) is 3.50. The maximum atomic E-state index is 12.8. The van der Waals surface area contributed by atoms with E-state index in [4.69, 9.17) is 0 Å². The van der Waals surface area contributed by atoms with Crippen LogP contribution in [0.5, 0.6) is 0 Å². The molecule has 3 aromatic rings. The van der Waals surface area contributed by atoms with Gasteiger partial charge in [0.05, 0.1) is 10.4 Å². The van der Waals surface area contributed by atoms with Crippen molar-refractivity contribution in [3.63, 3.8) is 0 Å². The number of aromatic nitrogens is 1. The van der Waals surface area contributed by atoms with Gasteiger partial charge >= 0.3 is 0 Å². The monoisotopic (exact) mass is 311 g/mol. The first kappa shape index (κ1) is 14.4. The summed E-state index contributed by atoms with van der Waals surface area (Å²) in [6.45, 7) is 1.73. The summed E-state index contributed by atoms with van der Waals surface area (Å²) < 4.78 is 25.6. The van der Waals surface area contributed by atoms with Crippen molar-refractivity contribution in [2.24, 2.45) is 0 Å². The van der Waals surface area contributed by atoms with Gasteiger partial charge in [-0.1, -0.05) is 30.3 Å². The molecule has 1 heterocycles. The molecule has 110 valence electrons. The highest BCUT2D eigenvalue weighted by Crippen LogP contribution is 2.22. The number of hydrogen-bond acceptors (Lipinski definition) is 4. The summed E-state index contributed by atoms with van der Waals surface area (Å²) in [5, 5.41) is 0.272. The van der Waals surface area contributed by atoms with Gasteiger partial charge in [-0.3, -0.25) is 4.79 Å². The lowest BCUT2D eigenvalue weighted by atomic mass is 10.2. The highest BCUT2D eigenvalue weighted by molar-refractivity contribution is 7.91. The normalized spacial score (nSPS) is 11.5. The highest BCUT2D eigenvalue weighted by atomic mass is 32.2. The van der Waals surface area contributed by atoms with E-state index in [9.17, 15) is 13.2 Å². The molecule has 0 saturated carbocycles. The summed E-state index contributed by atoms with van der Waals surface area (Å²) >= 11 is 0. The molecule has 4 nitrogen and oxygen atoms in total. The third-order valence-corrected chi connectivity index (χ3v) is 5.25. The summed E-state index contributed by atoms with van der Waals surface area (Å²) in [4.78, 5) is 16.4. The fourth-order valence-corrected chi connectivity index (χ4v) is 3.73. The van der Waals surface area contributed by atoms with Crippen molar-refractivity contribution in [1.82, 2.24) is 4.98 Å². The van der Waals surface area contributed by atoms with Gasteiger partial charge in [0.2, 0.25) is 9.84 Å². The van der Waals surface area contributed by atoms with Gasteiger partial charge in [-0.05, 0) is 42.8 Å². The van der Waals surface area contributed by atoms with E-state index in [-0.39, 0.29) is 15.4 Å². The van der Waals surface area contributed by atoms with Crippen LogP contribution in [-0.2, 0) is 9.84 Å². The smallest absolute Gasteiger partial charge is 0.224 e. The second kappa shape index (κ2) is 5.35. The molecule has 0 N–H and O–H groups in total. The largest absolute Gasteiger partial charge is 0.289 e. The summed E-state index contributed by atoms with van der Waals surface area (Å²) in [6.07, 6.45) is 0. The van der Waals surface area contributed by atoms with Crippen LogP contribution in [0.3, 0.4) is 0 Å². The second-order valence-electron chi connectivity index (χ2n) is 4.93. The van der Waals surface area contributed by atoms with Gasteiger partial charge in [0.1, 0.15) is 0 Å². The van der Waals surface area contributed by atoms with Gasteiger partial charge in [-0.25, -0.2) is 13.4 Å². The molecule has 0 radical (unpaired) electrons. The van der Waals surface area contributed by atoms with Crippen LogP contribution in [0.4, 0.5) is 0 Å². The number of fused-ring (bicyclic) bond motifs is 1. The number of aryl methyl sites for hydroxylation is 1. The quantitative estimate of drug-likeness (QED) is 0.730. The fourth-order valence-electron chi connectivity index (χ4n) is 2.29. The Balaban J connectivity index is 2.34. The van der Waals surface area contributed by atoms with E-state index in [2.05, 4.69) is 4.98 Å². The van der Waals surface area contributed by atoms with Crippen LogP contribution in [0.2, 0.25) is 0 Å². The van der Waals surface area contributed by atoms with Crippen LogP contribution in [0.25, 0.3) is 10.9 Å². The van der Waals surface area contributed by atoms with E-state index < -0.39 is 9.84 Å². The summed E-state index contributed by atoms with van der Waals surface area (Å²) in [7, 11) is -3.77. The Labute approximate surface area is 128 Å². The molecule has 0 amide bonds. The zero-order valence-corrected chi connectivity index (χ0v) is 12.7. The molecule has 5 heteroatoms. The van der Waals surface area contributed by atoms with Crippen molar-refractivity contribution >= 4 is 20.7 Å². The van der Waals surface area contributed by atoms with Crippen LogP contribution >= 0.6 is 0 Å². The van der Waals surface area contributed by atoms with Crippen molar-refractivity contribution in [2.45, 2.75) is 16.8 Å². The molecule has 1 aromatic heterocycles. The molecule has 0 fully saturated rings. The molecule has 3 rings (SSSR count). The fraction of sp³-hybridized carbons (Fsp3) is 0.0588. The average Bonchev–Trinajstić information content (AvgIpc) is 2.68. The molecule has 0 atom stereocenters. The van der Waals surface area contributed by atoms with Crippen molar-refractivity contribution in [2.75, 3.05) is 0 Å². The lowest BCUT2D eigenvalue weighted by Crippen LogP contribution is -2.05. The Morgan fingerprint density at radius 2 is 1.55 bits per heavy atom. The van der Waals surface area contributed by atoms with E-state index in [0.29, 0.717) is 16.5 Å². The number of para-hydroxylation sites is 1. The molecule has 0 aliphatic heterocycles. The van der Waals surface area contributed by atoms with E-state index in [1.807, 2.05) is 0 Å². The average molecular weight is 311 g/mol. The zero-order valence-electron chi connectivity index (χ0n) is 11.9. The van der Waals surface area contributed by atoms with Crippen LogP contribution in [0.1, 0.15) is 5.56 Å². The molecule has 0 unspecified atom stereocenters. The maximum Gasteiger partial charge on any atom is 0.224 e. The SMILES string of the molecule is Cc1ccccc1S(=O)(=O)c1ccc(=O)c2ccccc2n1. The minimum Gasteiger partial charge on any atom is -0.289 e. The number of benzene rings is 2. The van der Waals surface area contributed by atoms with Crippen LogP contribution in [0.15, 0.2) is 75.4 Å². The third kappa shape index (κ3) is 2.40. The van der Waals surface area contributed by atoms with E-state index in [1.165, 1.54) is 12.1 Å². The first-order valence-electron chi connectivity index (χ1n) is 6.71. The second-order valence-corrected chi connectivity index (χ2v) is 6.80. The van der Waals surface area contributed by atoms with Crippen molar-refractivity contribution in [3.05, 3.63) is 76.5 Å². The molecule has 0 spiro atoms. The van der Waals surface area contributed by atoms with E-state index in [1.54, 1.807) is 55.5 Å². The standard InChI is InChI=1S/C17H13NO3S/c1-12-6-2-5-9-16(12)22(20,21)17-11-10-15(19)13-7-3-4-8-14(13)18-17/h2-11H,1H3. The van der Waals surface area contributed by atoms with Crippen molar-refractivity contribution in [1.29, 1.82) is 0 Å². The van der Waals surface area contributed by atoms with Gasteiger partial charge in [-0.15, -0.1) is 0 Å². The van der Waals surface area contributed by atoms with Gasteiger partial charge < -0.3 is 0 Å². The van der Waals surface area contributed by atoms with Crippen LogP contribution in [-0.4, -0.2) is 13.4 Å². The summed E-state index contributed by atoms with van der Waals surface area (Å²) in [5.74, 6) is 0. The molecule has 0 bridgehead atoms. The van der Waals surface area contributed by atoms with Crippen molar-refractivity contribution in [3.8, 4) is 0 Å². The van der Waals surface area contributed by atoms with Gasteiger partial charge in [0, 0.05) is 5.39 Å². The number of hydrogen-bond donors (Lipinski definition) is 0. The topological polar surface area (TPSA) is 64.1 Å². The molecule has 22 heavy (non-hydrogen) atoms. The molecule has 0 aliphatic rings. The Morgan fingerprint density at radius 1 is 0.864 bits per heavy atom. The van der Waals surface area contributed by atoms with Crippen LogP contribution < -0.4 is 5.43 Å². The van der Waals surface area contributed by atoms with Crippen LogP contribution in [0, 0.1) is 6.92 Å². The number of rotatable bonds is 2. The molecular formula is C17H13NO3S. The number of sulfone groups is 1. The predicted molar refractivity (Wildman–Crippen MR) is 84.6 cm³/mol. The van der Waals surface area contributed by atoms with Gasteiger partial charge in [-0.2, -0.15) is 0 Å². The minimum atomic E-state index is -3.77. The molecule has 0 aliphatic carbocycles. The molecule has 2 aromatic carbocycles. The Morgan fingerprint density at radius 3 is 2.32 bits per heavy atom. The summed E-state index contributed by atoms with van der Waals surface area (Å²) in [6, 6.07) is 15.9. The van der Waals surface area contributed by atoms with E-state index in [0.717, 1.165) is 0 Å². The molecular weight excluding hydrogens is 298 g/mol. The maximum absolute atomic E-state index is 12.8. The lowest BCUT2D eigenvalue weighted by Gasteiger charge is -2.05. The first-order valence-corrected chi connectivity index (χ1v) is 8.19. The predicted octanol–water partition coefficient (Wildman–Crippen LogP) is 2.74. The van der Waals surface area contributed by atoms with Gasteiger partial charge in [0.15, 0.2) is 10.5 Å². The summed E-state index contributed by atoms with van der Waals surface area (Å²) in [5.41, 5.74) is 0.751. The molecule has 0 saturated heterocycles. The zero-order chi connectivity index (χ0) is 15.7. The lowest BCUT2D eigenvalue weighted by molar-refractivity contribution is 0.592. The van der Waals surface area contributed by atoms with Gasteiger partial charge in [0.25, 0.3) is 0 Å². The first-order chi connectivity index (χ1) is 10.5. The Bertz CT molecular complexity index is 1030. The Hall–Kier alpha value is -2.53. The number of nitrogens with zero attached hydrogens (tertiary/aromatic N) is 1. The third-order valence-electron chi connectivity index (χ3n) is 3.44. The minimum absolute atomic E-state index is 0.125. The van der Waals surface area contributed by atoms with E-state index >= 15 is 0 Å².